The van der Waals surface area contributed by atoms with E-state index in [2.05, 4.69) is 9.57 Å². The van der Waals surface area contributed by atoms with Crippen LogP contribution in [-0.4, -0.2) is 24.8 Å². The molecule has 0 aliphatic rings. The highest BCUT2D eigenvalue weighted by Crippen LogP contribution is 2.15. The van der Waals surface area contributed by atoms with E-state index >= 15 is 0 Å². The number of hydroxylamine groups is 1. The van der Waals surface area contributed by atoms with Crippen LogP contribution in [0, 0.1) is 0 Å². The molecule has 0 saturated heterocycles. The molecule has 1 atom stereocenters. The van der Waals surface area contributed by atoms with Gasteiger partial charge in [0.25, 0.3) is 0 Å². The zero-order valence-electron chi connectivity index (χ0n) is 10.0. The lowest BCUT2D eigenvalue weighted by Crippen LogP contribution is -2.35. The molecule has 0 bridgehead atoms. The zero-order valence-corrected chi connectivity index (χ0v) is 10.0. The molecule has 0 fully saturated rings. The Morgan fingerprint density at radius 2 is 1.85 bits per heavy atom. The molecule has 110 valence electrons. The molecule has 3 N–H and O–H groups in total. The number of benzene rings is 1. The molecule has 1 aromatic carbocycles. The van der Waals surface area contributed by atoms with Crippen LogP contribution in [0.15, 0.2) is 30.3 Å². The highest BCUT2D eigenvalue weighted by Gasteiger charge is 2.42. The third-order valence-electron chi connectivity index (χ3n) is 2.08. The average Bonchev–Trinajstić information content (AvgIpc) is 2.41. The smallest absolute Gasteiger partial charge is 0.445 e. The molecular weight excluding hydrogens is 281 g/mol. The Morgan fingerprint density at radius 3 is 2.40 bits per heavy atom. The van der Waals surface area contributed by atoms with Gasteiger partial charge in [-0.1, -0.05) is 30.3 Å². The molecule has 1 rings (SSSR count). The van der Waals surface area contributed by atoms with Crippen molar-refractivity contribution in [3.63, 3.8) is 0 Å². The molecule has 1 unspecified atom stereocenters. The minimum Gasteiger partial charge on any atom is -0.445 e. The molecule has 0 aromatic heterocycles. The fourth-order valence-corrected chi connectivity index (χ4v) is 1.14. The van der Waals surface area contributed by atoms with Gasteiger partial charge in [-0.15, -0.1) is 5.48 Å². The Kier molecular flexibility index (Phi) is 5.32. The van der Waals surface area contributed by atoms with E-state index in [-0.39, 0.29) is 6.61 Å². The average molecular weight is 292 g/mol. The van der Waals surface area contributed by atoms with Gasteiger partial charge in [0.05, 0.1) is 6.04 Å². The summed E-state index contributed by atoms with van der Waals surface area (Å²) in [5.41, 5.74) is 7.56. The van der Waals surface area contributed by atoms with E-state index in [0.29, 0.717) is 5.56 Å². The Labute approximate surface area is 111 Å². The maximum atomic E-state index is 11.7. The van der Waals surface area contributed by atoms with Crippen LogP contribution in [0.1, 0.15) is 11.6 Å². The Hall–Kier alpha value is -2.29. The number of amides is 1. The molecule has 9 heteroatoms. The Morgan fingerprint density at radius 1 is 1.25 bits per heavy atom. The van der Waals surface area contributed by atoms with Crippen molar-refractivity contribution in [3.05, 3.63) is 35.9 Å². The van der Waals surface area contributed by atoms with Gasteiger partial charge in [-0.3, -0.25) is 0 Å². The summed E-state index contributed by atoms with van der Waals surface area (Å²) < 4.78 is 39.7. The summed E-state index contributed by atoms with van der Waals surface area (Å²) in [6, 6.07) is 7.94. The summed E-state index contributed by atoms with van der Waals surface area (Å²) in [4.78, 5) is 24.7. The summed E-state index contributed by atoms with van der Waals surface area (Å²) in [5.74, 6) is -2.55. The van der Waals surface area contributed by atoms with E-state index in [9.17, 15) is 22.8 Å². The first kappa shape index (κ1) is 15.8. The molecule has 0 aliphatic carbocycles. The lowest BCUT2D eigenvalue weighted by Gasteiger charge is -2.13. The maximum absolute atomic E-state index is 11.7. The van der Waals surface area contributed by atoms with Crippen LogP contribution in [0.25, 0.3) is 0 Å². The van der Waals surface area contributed by atoms with E-state index in [4.69, 9.17) is 5.73 Å². The van der Waals surface area contributed by atoms with Gasteiger partial charge in [0.2, 0.25) is 0 Å². The number of carbonyl (C=O) groups is 2. The number of carbonyl (C=O) groups excluding carboxylic acids is 2. The first-order valence-corrected chi connectivity index (χ1v) is 5.32. The summed E-state index contributed by atoms with van der Waals surface area (Å²) in [6.07, 6.45) is -6.55. The molecule has 0 aliphatic heterocycles. The van der Waals surface area contributed by atoms with Crippen LogP contribution in [0.5, 0.6) is 0 Å². The molecular formula is C11H11F3N2O4. The number of hydrogen-bond acceptors (Lipinski definition) is 5. The van der Waals surface area contributed by atoms with Gasteiger partial charge in [0.1, 0.15) is 6.61 Å². The molecule has 1 aromatic rings. The van der Waals surface area contributed by atoms with Crippen molar-refractivity contribution in [3.8, 4) is 0 Å². The highest BCUT2D eigenvalue weighted by atomic mass is 19.4. The standard InChI is InChI=1S/C11H11F3N2O4/c12-11(13,14)9(17)20-16-10(18)19-6-8(15)7-4-2-1-3-5-7/h1-5,8H,6,15H2,(H,16,18). The monoisotopic (exact) mass is 292 g/mol. The van der Waals surface area contributed by atoms with Gasteiger partial charge in [0.15, 0.2) is 0 Å². The molecule has 0 spiro atoms. The summed E-state index contributed by atoms with van der Waals surface area (Å²) in [5, 5.41) is 0. The molecule has 20 heavy (non-hydrogen) atoms. The highest BCUT2D eigenvalue weighted by molar-refractivity contribution is 5.77. The van der Waals surface area contributed by atoms with Crippen LogP contribution in [0.4, 0.5) is 18.0 Å². The number of nitrogens with two attached hydrogens (primary N) is 1. The van der Waals surface area contributed by atoms with Crippen molar-refractivity contribution in [1.29, 1.82) is 0 Å². The first-order valence-electron chi connectivity index (χ1n) is 5.32. The third-order valence-corrected chi connectivity index (χ3v) is 2.08. The topological polar surface area (TPSA) is 90.7 Å². The Bertz CT molecular complexity index is 464. The molecule has 0 radical (unpaired) electrons. The largest absolute Gasteiger partial charge is 0.493 e. The van der Waals surface area contributed by atoms with Crippen LogP contribution in [0.2, 0.25) is 0 Å². The van der Waals surface area contributed by atoms with Crippen molar-refractivity contribution >= 4 is 12.1 Å². The van der Waals surface area contributed by atoms with Crippen molar-refractivity contribution in [2.24, 2.45) is 5.73 Å². The van der Waals surface area contributed by atoms with Crippen LogP contribution in [-0.2, 0) is 14.4 Å². The zero-order chi connectivity index (χ0) is 15.2. The van der Waals surface area contributed by atoms with Gasteiger partial charge in [-0.2, -0.15) is 13.2 Å². The quantitative estimate of drug-likeness (QED) is 0.822. The number of alkyl halides is 3. The minimum absolute atomic E-state index is 0.292. The second-order valence-corrected chi connectivity index (χ2v) is 3.60. The Balaban J connectivity index is 2.32. The molecule has 1 amide bonds. The normalized spacial score (nSPS) is 12.4. The summed E-state index contributed by atoms with van der Waals surface area (Å²) in [6.45, 7) is -0.292. The van der Waals surface area contributed by atoms with Crippen LogP contribution < -0.4 is 11.2 Å². The van der Waals surface area contributed by atoms with Crippen molar-refractivity contribution in [2.45, 2.75) is 12.2 Å². The van der Waals surface area contributed by atoms with Gasteiger partial charge in [-0.25, -0.2) is 9.59 Å². The fourth-order valence-electron chi connectivity index (χ4n) is 1.14. The molecule has 0 saturated carbocycles. The van der Waals surface area contributed by atoms with E-state index in [1.165, 1.54) is 5.48 Å². The van der Waals surface area contributed by atoms with Gasteiger partial charge in [0, 0.05) is 0 Å². The third kappa shape index (κ3) is 5.14. The van der Waals surface area contributed by atoms with E-state index in [1.54, 1.807) is 30.3 Å². The molecule has 0 heterocycles. The number of ether oxygens (including phenoxy) is 1. The second-order valence-electron chi connectivity index (χ2n) is 3.60. The van der Waals surface area contributed by atoms with Crippen molar-refractivity contribution in [1.82, 2.24) is 5.48 Å². The fraction of sp³-hybridized carbons (Fsp3) is 0.273. The van der Waals surface area contributed by atoms with E-state index < -0.39 is 24.3 Å². The van der Waals surface area contributed by atoms with Crippen molar-refractivity contribution < 1.29 is 32.3 Å². The maximum Gasteiger partial charge on any atom is 0.493 e. The van der Waals surface area contributed by atoms with Crippen LogP contribution in [0.3, 0.4) is 0 Å². The lowest BCUT2D eigenvalue weighted by molar-refractivity contribution is -0.205. The van der Waals surface area contributed by atoms with Gasteiger partial charge >= 0.3 is 18.2 Å². The van der Waals surface area contributed by atoms with Crippen LogP contribution >= 0.6 is 0 Å². The summed E-state index contributed by atoms with van der Waals surface area (Å²) >= 11 is 0. The SMILES string of the molecule is NC(COC(=O)NOC(=O)C(F)(F)F)c1ccccc1. The summed E-state index contributed by atoms with van der Waals surface area (Å²) in [7, 11) is 0. The lowest BCUT2D eigenvalue weighted by atomic mass is 10.1. The minimum atomic E-state index is -5.20. The van der Waals surface area contributed by atoms with E-state index in [1.807, 2.05) is 0 Å². The second kappa shape index (κ2) is 6.75. The molecule has 6 nitrogen and oxygen atoms in total. The number of nitrogens with one attached hydrogen (secondary N) is 1. The number of halogens is 3. The van der Waals surface area contributed by atoms with Gasteiger partial charge in [-0.05, 0) is 5.56 Å². The predicted molar refractivity (Wildman–Crippen MR) is 60.0 cm³/mol. The van der Waals surface area contributed by atoms with Gasteiger partial charge < -0.3 is 15.3 Å². The predicted octanol–water partition coefficient (Wildman–Crippen LogP) is 1.43. The number of rotatable bonds is 3. The van der Waals surface area contributed by atoms with Crippen molar-refractivity contribution in [2.75, 3.05) is 6.61 Å². The number of hydrogen-bond donors (Lipinski definition) is 2. The van der Waals surface area contributed by atoms with E-state index in [0.717, 1.165) is 0 Å². The first-order chi connectivity index (χ1) is 9.30.